The van der Waals surface area contributed by atoms with Crippen LogP contribution in [0.1, 0.15) is 44.6 Å². The van der Waals surface area contributed by atoms with Gasteiger partial charge in [0.1, 0.15) is 11.4 Å². The standard InChI is InChI=1S/C18H21BrN2O2S/c1-2-23-16-9-8-13(19)10-12(16)11-15-17(22)21(18(24)20-15)14-6-4-3-5-7-14/h8-11,14H,2-7H2,1H3,(H,20,24)/b15-11-. The second kappa shape index (κ2) is 7.66. The fourth-order valence-corrected chi connectivity index (χ4v) is 4.01. The summed E-state index contributed by atoms with van der Waals surface area (Å²) >= 11 is 8.89. The minimum Gasteiger partial charge on any atom is -0.493 e. The molecule has 0 unspecified atom stereocenters. The van der Waals surface area contributed by atoms with Gasteiger partial charge in [0, 0.05) is 16.1 Å². The summed E-state index contributed by atoms with van der Waals surface area (Å²) in [5, 5.41) is 3.61. The number of hydrogen-bond acceptors (Lipinski definition) is 3. The van der Waals surface area contributed by atoms with E-state index in [1.54, 1.807) is 4.90 Å². The van der Waals surface area contributed by atoms with E-state index in [4.69, 9.17) is 17.0 Å². The van der Waals surface area contributed by atoms with Gasteiger partial charge >= 0.3 is 0 Å². The van der Waals surface area contributed by atoms with Crippen LogP contribution >= 0.6 is 28.1 Å². The van der Waals surface area contributed by atoms with E-state index in [1.807, 2.05) is 31.2 Å². The van der Waals surface area contributed by atoms with E-state index in [1.165, 1.54) is 6.42 Å². The van der Waals surface area contributed by atoms with Crippen molar-refractivity contribution in [1.82, 2.24) is 10.2 Å². The number of thiocarbonyl (C=S) groups is 1. The first-order chi connectivity index (χ1) is 11.6. The van der Waals surface area contributed by atoms with Gasteiger partial charge in [-0.1, -0.05) is 35.2 Å². The average Bonchev–Trinajstić information content (AvgIpc) is 2.85. The average molecular weight is 409 g/mol. The molecule has 0 atom stereocenters. The summed E-state index contributed by atoms with van der Waals surface area (Å²) in [6.07, 6.45) is 7.46. The highest BCUT2D eigenvalue weighted by molar-refractivity contribution is 9.10. The topological polar surface area (TPSA) is 41.6 Å². The van der Waals surface area contributed by atoms with Crippen molar-refractivity contribution in [2.75, 3.05) is 6.61 Å². The number of hydrogen-bond donors (Lipinski definition) is 1. The summed E-state index contributed by atoms with van der Waals surface area (Å²) in [6, 6.07) is 6.00. The molecule has 1 aromatic carbocycles. The maximum absolute atomic E-state index is 12.8. The molecule has 24 heavy (non-hydrogen) atoms. The van der Waals surface area contributed by atoms with Gasteiger partial charge in [0.2, 0.25) is 0 Å². The Hall–Kier alpha value is -1.40. The number of nitrogens with zero attached hydrogens (tertiary/aromatic N) is 1. The maximum Gasteiger partial charge on any atom is 0.276 e. The second-order valence-corrected chi connectivity index (χ2v) is 7.37. The molecule has 1 aromatic rings. The smallest absolute Gasteiger partial charge is 0.276 e. The van der Waals surface area contributed by atoms with Crippen LogP contribution in [0, 0.1) is 0 Å². The first kappa shape index (κ1) is 17.4. The highest BCUT2D eigenvalue weighted by Gasteiger charge is 2.36. The van der Waals surface area contributed by atoms with Gasteiger partial charge in [-0.25, -0.2) is 0 Å². The molecule has 0 spiro atoms. The minimum absolute atomic E-state index is 0.0330. The summed E-state index contributed by atoms with van der Waals surface area (Å²) < 4.78 is 6.60. The normalized spacial score (nSPS) is 20.6. The molecule has 2 fully saturated rings. The molecule has 0 bridgehead atoms. The predicted molar refractivity (Wildman–Crippen MR) is 103 cm³/mol. The van der Waals surface area contributed by atoms with Gasteiger partial charge in [-0.15, -0.1) is 0 Å². The van der Waals surface area contributed by atoms with Gasteiger partial charge in [-0.05, 0) is 56.3 Å². The van der Waals surface area contributed by atoms with Crippen molar-refractivity contribution in [3.63, 3.8) is 0 Å². The first-order valence-corrected chi connectivity index (χ1v) is 9.59. The van der Waals surface area contributed by atoms with E-state index < -0.39 is 0 Å². The van der Waals surface area contributed by atoms with E-state index in [0.29, 0.717) is 17.4 Å². The largest absolute Gasteiger partial charge is 0.493 e. The lowest BCUT2D eigenvalue weighted by Crippen LogP contribution is -2.41. The van der Waals surface area contributed by atoms with Crippen molar-refractivity contribution in [2.24, 2.45) is 0 Å². The van der Waals surface area contributed by atoms with Crippen LogP contribution in [0.15, 0.2) is 28.4 Å². The highest BCUT2D eigenvalue weighted by atomic mass is 79.9. The predicted octanol–water partition coefficient (Wildman–Crippen LogP) is 4.24. The molecule has 1 N–H and O–H groups in total. The van der Waals surface area contributed by atoms with Gasteiger partial charge in [0.05, 0.1) is 6.61 Å². The summed E-state index contributed by atoms with van der Waals surface area (Å²) in [5.41, 5.74) is 1.37. The maximum atomic E-state index is 12.8. The summed E-state index contributed by atoms with van der Waals surface area (Å²) in [5.74, 6) is 0.721. The van der Waals surface area contributed by atoms with Crippen LogP contribution in [-0.2, 0) is 4.79 Å². The Morgan fingerprint density at radius 2 is 2.12 bits per heavy atom. The number of carbonyl (C=O) groups excluding carboxylic acids is 1. The van der Waals surface area contributed by atoms with Crippen LogP contribution in [0.2, 0.25) is 0 Å². The number of amides is 1. The van der Waals surface area contributed by atoms with E-state index >= 15 is 0 Å². The third-order valence-electron chi connectivity index (χ3n) is 4.42. The zero-order valence-electron chi connectivity index (χ0n) is 13.7. The lowest BCUT2D eigenvalue weighted by Gasteiger charge is -2.29. The molecule has 1 saturated heterocycles. The summed E-state index contributed by atoms with van der Waals surface area (Å²) in [7, 11) is 0. The zero-order chi connectivity index (χ0) is 17.1. The molecule has 2 aliphatic rings. The number of ether oxygens (including phenoxy) is 1. The molecule has 3 rings (SSSR count). The Morgan fingerprint density at radius 1 is 1.38 bits per heavy atom. The molecule has 0 aromatic heterocycles. The van der Waals surface area contributed by atoms with Crippen LogP contribution in [-0.4, -0.2) is 28.6 Å². The molecule has 1 saturated carbocycles. The number of nitrogens with one attached hydrogen (secondary N) is 1. The first-order valence-electron chi connectivity index (χ1n) is 8.38. The Kier molecular flexibility index (Phi) is 5.56. The molecular weight excluding hydrogens is 388 g/mol. The molecule has 128 valence electrons. The Balaban J connectivity index is 1.87. The quantitative estimate of drug-likeness (QED) is 0.597. The van der Waals surface area contributed by atoms with Crippen LogP contribution < -0.4 is 10.1 Å². The van der Waals surface area contributed by atoms with E-state index in [-0.39, 0.29) is 11.9 Å². The fraction of sp³-hybridized carbons (Fsp3) is 0.444. The van der Waals surface area contributed by atoms with Crippen molar-refractivity contribution in [1.29, 1.82) is 0 Å². The molecule has 1 aliphatic heterocycles. The molecule has 1 heterocycles. The Morgan fingerprint density at radius 3 is 2.83 bits per heavy atom. The number of carbonyl (C=O) groups is 1. The van der Waals surface area contributed by atoms with Gasteiger partial charge in [-0.2, -0.15) is 0 Å². The lowest BCUT2D eigenvalue weighted by atomic mass is 9.94. The van der Waals surface area contributed by atoms with Crippen molar-refractivity contribution in [2.45, 2.75) is 45.1 Å². The third kappa shape index (κ3) is 3.64. The van der Waals surface area contributed by atoms with Gasteiger partial charge in [0.15, 0.2) is 5.11 Å². The monoisotopic (exact) mass is 408 g/mol. The van der Waals surface area contributed by atoms with Crippen molar-refractivity contribution in [3.8, 4) is 5.75 Å². The summed E-state index contributed by atoms with van der Waals surface area (Å²) in [6.45, 7) is 2.52. The summed E-state index contributed by atoms with van der Waals surface area (Å²) in [4.78, 5) is 14.6. The van der Waals surface area contributed by atoms with E-state index in [0.717, 1.165) is 41.5 Å². The molecule has 6 heteroatoms. The SMILES string of the molecule is CCOc1ccc(Br)cc1/C=C1\NC(=S)N(C2CCCCC2)C1=O. The molecule has 4 nitrogen and oxygen atoms in total. The van der Waals surface area contributed by atoms with Crippen molar-refractivity contribution < 1.29 is 9.53 Å². The van der Waals surface area contributed by atoms with Gasteiger partial charge in [-0.3, -0.25) is 9.69 Å². The second-order valence-electron chi connectivity index (χ2n) is 6.07. The van der Waals surface area contributed by atoms with Crippen LogP contribution in [0.25, 0.3) is 6.08 Å². The molecule has 1 amide bonds. The van der Waals surface area contributed by atoms with Crippen LogP contribution in [0.5, 0.6) is 5.75 Å². The fourth-order valence-electron chi connectivity index (χ4n) is 3.29. The molecule has 0 radical (unpaired) electrons. The number of benzene rings is 1. The van der Waals surface area contributed by atoms with Crippen molar-refractivity contribution in [3.05, 3.63) is 33.9 Å². The molecular formula is C18H21BrN2O2S. The Bertz CT molecular complexity index is 684. The Labute approximate surface area is 156 Å². The van der Waals surface area contributed by atoms with Gasteiger partial charge < -0.3 is 10.1 Å². The van der Waals surface area contributed by atoms with Gasteiger partial charge in [0.25, 0.3) is 5.91 Å². The van der Waals surface area contributed by atoms with Crippen LogP contribution in [0.3, 0.4) is 0 Å². The molecule has 1 aliphatic carbocycles. The number of halogens is 1. The lowest BCUT2D eigenvalue weighted by molar-refractivity contribution is -0.124. The van der Waals surface area contributed by atoms with Crippen LogP contribution in [0.4, 0.5) is 0 Å². The number of rotatable bonds is 4. The van der Waals surface area contributed by atoms with E-state index in [9.17, 15) is 4.79 Å². The third-order valence-corrected chi connectivity index (χ3v) is 5.21. The van der Waals surface area contributed by atoms with Crippen molar-refractivity contribution >= 4 is 45.2 Å². The highest BCUT2D eigenvalue weighted by Crippen LogP contribution is 2.29. The zero-order valence-corrected chi connectivity index (χ0v) is 16.1. The van der Waals surface area contributed by atoms with E-state index in [2.05, 4.69) is 21.2 Å². The minimum atomic E-state index is -0.0330.